The molecule has 1 aliphatic rings. The zero-order valence-corrected chi connectivity index (χ0v) is 13.9. The predicted octanol–water partition coefficient (Wildman–Crippen LogP) is 3.59. The first-order valence-electron chi connectivity index (χ1n) is 7.25. The van der Waals surface area contributed by atoms with E-state index < -0.39 is 0 Å². The number of likely N-dealkylation sites (tertiary alicyclic amines) is 1. The van der Waals surface area contributed by atoms with E-state index in [-0.39, 0.29) is 0 Å². The van der Waals surface area contributed by atoms with Crippen molar-refractivity contribution in [3.05, 3.63) is 34.1 Å². The van der Waals surface area contributed by atoms with Crippen molar-refractivity contribution in [1.82, 2.24) is 14.7 Å². The van der Waals surface area contributed by atoms with Gasteiger partial charge >= 0.3 is 0 Å². The van der Waals surface area contributed by atoms with Gasteiger partial charge in [0.05, 0.1) is 12.8 Å². The van der Waals surface area contributed by atoms with Gasteiger partial charge in [-0.3, -0.25) is 4.90 Å². The van der Waals surface area contributed by atoms with Crippen LogP contribution in [0.3, 0.4) is 0 Å². The van der Waals surface area contributed by atoms with Gasteiger partial charge in [0.15, 0.2) is 0 Å². The van der Waals surface area contributed by atoms with Gasteiger partial charge in [0.2, 0.25) is 5.89 Å². The van der Waals surface area contributed by atoms with Crippen LogP contribution in [0.2, 0.25) is 5.02 Å². The van der Waals surface area contributed by atoms with Gasteiger partial charge in [-0.2, -0.15) is 0 Å². The summed E-state index contributed by atoms with van der Waals surface area (Å²) in [5, 5.41) is 5.16. The number of methoxy groups -OCH3 is 1. The Morgan fingerprint density at radius 3 is 2.64 bits per heavy atom. The quantitative estimate of drug-likeness (QED) is 0.796. The second-order valence-electron chi connectivity index (χ2n) is 5.37. The van der Waals surface area contributed by atoms with E-state index in [4.69, 9.17) is 33.0 Å². The highest BCUT2D eigenvalue weighted by molar-refractivity contribution is 7.71. The Labute approximate surface area is 139 Å². The van der Waals surface area contributed by atoms with Gasteiger partial charge in [-0.1, -0.05) is 11.6 Å². The van der Waals surface area contributed by atoms with Crippen LogP contribution in [-0.2, 0) is 11.4 Å². The monoisotopic (exact) mass is 339 g/mol. The van der Waals surface area contributed by atoms with Crippen molar-refractivity contribution in [3.63, 3.8) is 0 Å². The van der Waals surface area contributed by atoms with Crippen LogP contribution in [-0.4, -0.2) is 41.0 Å². The summed E-state index contributed by atoms with van der Waals surface area (Å²) < 4.78 is 12.7. The van der Waals surface area contributed by atoms with E-state index >= 15 is 0 Å². The summed E-state index contributed by atoms with van der Waals surface area (Å²) in [6.07, 6.45) is 2.43. The molecule has 1 aromatic carbocycles. The van der Waals surface area contributed by atoms with Crippen LogP contribution in [0.5, 0.6) is 0 Å². The molecule has 2 heterocycles. The fourth-order valence-corrected chi connectivity index (χ4v) is 2.88. The van der Waals surface area contributed by atoms with Crippen molar-refractivity contribution >= 4 is 23.8 Å². The minimum absolute atomic E-state index is 0.367. The Bertz CT molecular complexity index is 675. The van der Waals surface area contributed by atoms with E-state index in [0.717, 1.165) is 31.5 Å². The van der Waals surface area contributed by atoms with E-state index in [2.05, 4.69) is 10.00 Å². The lowest BCUT2D eigenvalue weighted by atomic mass is 10.1. The number of hydrogen-bond donors (Lipinski definition) is 0. The molecule has 22 heavy (non-hydrogen) atoms. The summed E-state index contributed by atoms with van der Waals surface area (Å²) in [4.78, 5) is 2.69. The molecule has 0 unspecified atom stereocenters. The second kappa shape index (κ2) is 6.91. The highest BCUT2D eigenvalue weighted by atomic mass is 35.5. The minimum atomic E-state index is 0.367. The number of aromatic nitrogens is 2. The molecule has 0 N–H and O–H groups in total. The number of benzene rings is 1. The number of rotatable bonds is 4. The molecule has 0 aliphatic carbocycles. The molecule has 0 saturated carbocycles. The van der Waals surface area contributed by atoms with Crippen molar-refractivity contribution in [3.8, 4) is 11.5 Å². The van der Waals surface area contributed by atoms with Crippen LogP contribution >= 0.6 is 23.8 Å². The van der Waals surface area contributed by atoms with Crippen molar-refractivity contribution in [1.29, 1.82) is 0 Å². The van der Waals surface area contributed by atoms with E-state index in [1.165, 1.54) is 0 Å². The van der Waals surface area contributed by atoms with Crippen molar-refractivity contribution in [2.75, 3.05) is 20.2 Å². The maximum Gasteiger partial charge on any atom is 0.288 e. The molecule has 3 rings (SSSR count). The lowest BCUT2D eigenvalue weighted by Gasteiger charge is -2.30. The maximum absolute atomic E-state index is 5.89. The summed E-state index contributed by atoms with van der Waals surface area (Å²) in [7, 11) is 1.77. The predicted molar refractivity (Wildman–Crippen MR) is 87.4 cm³/mol. The summed E-state index contributed by atoms with van der Waals surface area (Å²) >= 11 is 11.2. The standard InChI is InChI=1S/C15H18ClN3O2S/c1-20-13-6-8-18(9-7-13)10-19-15(22)21-14(17-19)11-2-4-12(16)5-3-11/h2-5,13H,6-10H2,1H3. The number of hydrogen-bond acceptors (Lipinski definition) is 5. The van der Waals surface area contributed by atoms with Crippen LogP contribution in [0.4, 0.5) is 0 Å². The number of ether oxygens (including phenoxy) is 1. The van der Waals surface area contributed by atoms with Crippen LogP contribution in [0.25, 0.3) is 11.5 Å². The molecule has 1 fully saturated rings. The van der Waals surface area contributed by atoms with Crippen LogP contribution in [0.15, 0.2) is 28.7 Å². The van der Waals surface area contributed by atoms with E-state index in [1.807, 2.05) is 24.3 Å². The Morgan fingerprint density at radius 1 is 1.32 bits per heavy atom. The largest absolute Gasteiger partial charge is 0.409 e. The van der Waals surface area contributed by atoms with Crippen molar-refractivity contribution in [2.45, 2.75) is 25.6 Å². The third-order valence-corrected chi connectivity index (χ3v) is 4.45. The number of nitrogens with zero attached hydrogens (tertiary/aromatic N) is 3. The normalized spacial score (nSPS) is 17.0. The van der Waals surface area contributed by atoms with E-state index in [9.17, 15) is 0 Å². The van der Waals surface area contributed by atoms with Gasteiger partial charge < -0.3 is 9.15 Å². The molecule has 1 aromatic heterocycles. The second-order valence-corrected chi connectivity index (χ2v) is 6.16. The van der Waals surface area contributed by atoms with Crippen molar-refractivity contribution < 1.29 is 9.15 Å². The minimum Gasteiger partial charge on any atom is -0.409 e. The Balaban J connectivity index is 1.70. The summed E-state index contributed by atoms with van der Waals surface area (Å²) in [5.74, 6) is 0.522. The first-order valence-corrected chi connectivity index (χ1v) is 8.03. The molecule has 0 atom stereocenters. The zero-order chi connectivity index (χ0) is 15.5. The maximum atomic E-state index is 5.89. The molecule has 0 amide bonds. The SMILES string of the molecule is COC1CCN(Cn2nc(-c3ccc(Cl)cc3)oc2=S)CC1. The summed E-state index contributed by atoms with van der Waals surface area (Å²) in [6, 6.07) is 7.36. The van der Waals surface area contributed by atoms with Gasteiger partial charge in [0.25, 0.3) is 4.84 Å². The fraction of sp³-hybridized carbons (Fsp3) is 0.467. The summed E-state index contributed by atoms with van der Waals surface area (Å²) in [6.45, 7) is 2.60. The van der Waals surface area contributed by atoms with Crippen LogP contribution in [0.1, 0.15) is 12.8 Å². The molecule has 0 radical (unpaired) electrons. The average Bonchev–Trinajstić information content (AvgIpc) is 2.90. The third kappa shape index (κ3) is 3.57. The first kappa shape index (κ1) is 15.7. The fourth-order valence-electron chi connectivity index (χ4n) is 2.58. The molecule has 2 aromatic rings. The third-order valence-electron chi connectivity index (χ3n) is 3.90. The molecule has 0 bridgehead atoms. The Kier molecular flexibility index (Phi) is 4.93. The van der Waals surface area contributed by atoms with E-state index in [0.29, 0.717) is 28.5 Å². The van der Waals surface area contributed by atoms with Gasteiger partial charge in [0, 0.05) is 30.8 Å². The smallest absolute Gasteiger partial charge is 0.288 e. The molecular formula is C15H18ClN3O2S. The average molecular weight is 340 g/mol. The van der Waals surface area contributed by atoms with Crippen LogP contribution < -0.4 is 0 Å². The van der Waals surface area contributed by atoms with E-state index in [1.54, 1.807) is 11.8 Å². The molecule has 5 nitrogen and oxygen atoms in total. The molecule has 0 spiro atoms. The van der Waals surface area contributed by atoms with Gasteiger partial charge in [0.1, 0.15) is 0 Å². The van der Waals surface area contributed by atoms with Crippen molar-refractivity contribution in [2.24, 2.45) is 0 Å². The molecule has 118 valence electrons. The molecular weight excluding hydrogens is 322 g/mol. The Hall–Kier alpha value is -1.21. The van der Waals surface area contributed by atoms with Crippen LogP contribution in [0, 0.1) is 4.84 Å². The lowest BCUT2D eigenvalue weighted by molar-refractivity contribution is 0.0299. The molecule has 7 heteroatoms. The molecule has 1 saturated heterocycles. The van der Waals surface area contributed by atoms with Gasteiger partial charge in [-0.05, 0) is 49.3 Å². The van der Waals surface area contributed by atoms with Gasteiger partial charge in [-0.15, -0.1) is 5.10 Å². The highest BCUT2D eigenvalue weighted by Gasteiger charge is 2.20. The van der Waals surface area contributed by atoms with Gasteiger partial charge in [-0.25, -0.2) is 4.68 Å². The topological polar surface area (TPSA) is 43.4 Å². The summed E-state index contributed by atoms with van der Waals surface area (Å²) in [5.41, 5.74) is 0.868. The Morgan fingerprint density at radius 2 is 2.00 bits per heavy atom. The first-order chi connectivity index (χ1) is 10.7. The molecule has 1 aliphatic heterocycles. The number of piperidine rings is 1. The number of halogens is 1. The zero-order valence-electron chi connectivity index (χ0n) is 12.4. The lowest BCUT2D eigenvalue weighted by Crippen LogP contribution is -2.37. The highest BCUT2D eigenvalue weighted by Crippen LogP contribution is 2.21.